The molecule has 0 aromatic rings. The van der Waals surface area contributed by atoms with E-state index in [1.54, 1.807) is 7.11 Å². The van der Waals surface area contributed by atoms with Gasteiger partial charge in [0.05, 0.1) is 18.1 Å². The average molecular weight is 276 g/mol. The molecule has 1 heterocycles. The molecule has 0 aromatic heterocycles. The molecule has 2 rings (SSSR count). The third-order valence-corrected chi connectivity index (χ3v) is 5.69. The van der Waals surface area contributed by atoms with Crippen molar-refractivity contribution >= 4 is 9.84 Å². The van der Waals surface area contributed by atoms with Crippen LogP contribution in [-0.2, 0) is 14.6 Å². The van der Waals surface area contributed by atoms with Crippen LogP contribution in [0.25, 0.3) is 0 Å². The summed E-state index contributed by atoms with van der Waals surface area (Å²) in [7, 11) is 0.905. The normalized spacial score (nSPS) is 28.7. The van der Waals surface area contributed by atoms with E-state index in [2.05, 4.69) is 10.2 Å². The molecule has 6 heteroatoms. The zero-order valence-electron chi connectivity index (χ0n) is 11.3. The standard InChI is InChI=1S/C12H24N2O3S/c1-14(11-5-6-18(15,16)9-11)12(8-17-2)7-13-10-3-4-10/h10-13H,3-9H2,1-2H3. The van der Waals surface area contributed by atoms with Gasteiger partial charge < -0.3 is 10.1 Å². The Bertz CT molecular complexity index is 368. The third kappa shape index (κ3) is 3.91. The van der Waals surface area contributed by atoms with Crippen molar-refractivity contribution in [2.45, 2.75) is 37.4 Å². The lowest BCUT2D eigenvalue weighted by Crippen LogP contribution is -2.48. The van der Waals surface area contributed by atoms with Crippen LogP contribution >= 0.6 is 0 Å². The van der Waals surface area contributed by atoms with Crippen molar-refractivity contribution in [3.05, 3.63) is 0 Å². The van der Waals surface area contributed by atoms with Crippen molar-refractivity contribution in [3.63, 3.8) is 0 Å². The molecule has 1 aliphatic carbocycles. The molecule has 1 saturated heterocycles. The van der Waals surface area contributed by atoms with Gasteiger partial charge in [0.1, 0.15) is 0 Å². The number of likely N-dealkylation sites (N-methyl/N-ethyl adjacent to an activating group) is 1. The fraction of sp³-hybridized carbons (Fsp3) is 1.00. The fourth-order valence-corrected chi connectivity index (χ4v) is 4.28. The summed E-state index contributed by atoms with van der Waals surface area (Å²) in [6.07, 6.45) is 3.28. The van der Waals surface area contributed by atoms with Gasteiger partial charge in [-0.3, -0.25) is 4.90 Å². The number of sulfone groups is 1. The second-order valence-electron chi connectivity index (χ2n) is 5.51. The smallest absolute Gasteiger partial charge is 0.151 e. The van der Waals surface area contributed by atoms with Crippen LogP contribution in [0.4, 0.5) is 0 Å². The summed E-state index contributed by atoms with van der Waals surface area (Å²) < 4.78 is 28.3. The van der Waals surface area contributed by atoms with Crippen molar-refractivity contribution in [1.82, 2.24) is 10.2 Å². The molecule has 0 spiro atoms. The number of hydrogen-bond acceptors (Lipinski definition) is 5. The van der Waals surface area contributed by atoms with E-state index < -0.39 is 9.84 Å². The lowest BCUT2D eigenvalue weighted by molar-refractivity contribution is 0.0852. The third-order valence-electron chi connectivity index (χ3n) is 3.94. The van der Waals surface area contributed by atoms with Crippen LogP contribution in [0, 0.1) is 0 Å². The molecule has 0 aromatic carbocycles. The van der Waals surface area contributed by atoms with E-state index in [0.29, 0.717) is 24.2 Å². The first-order chi connectivity index (χ1) is 8.52. The van der Waals surface area contributed by atoms with Crippen LogP contribution in [0.5, 0.6) is 0 Å². The molecule has 0 bridgehead atoms. The fourth-order valence-electron chi connectivity index (χ4n) is 2.50. The van der Waals surface area contributed by atoms with Gasteiger partial charge in [-0.05, 0) is 26.3 Å². The van der Waals surface area contributed by atoms with Crippen molar-refractivity contribution in [2.24, 2.45) is 0 Å². The first-order valence-corrected chi connectivity index (χ1v) is 8.48. The quantitative estimate of drug-likeness (QED) is 0.702. The molecule has 0 amide bonds. The SMILES string of the molecule is COCC(CNC1CC1)N(C)C1CCS(=O)(=O)C1. The van der Waals surface area contributed by atoms with Gasteiger partial charge in [-0.15, -0.1) is 0 Å². The van der Waals surface area contributed by atoms with Crippen molar-refractivity contribution < 1.29 is 13.2 Å². The Balaban J connectivity index is 1.87. The highest BCUT2D eigenvalue weighted by atomic mass is 32.2. The molecule has 106 valence electrons. The van der Waals surface area contributed by atoms with Crippen LogP contribution < -0.4 is 5.32 Å². The van der Waals surface area contributed by atoms with Gasteiger partial charge in [-0.1, -0.05) is 0 Å². The second-order valence-corrected chi connectivity index (χ2v) is 7.74. The van der Waals surface area contributed by atoms with E-state index in [-0.39, 0.29) is 12.1 Å². The maximum Gasteiger partial charge on any atom is 0.151 e. The predicted octanol–water partition coefficient (Wildman–Crippen LogP) is -0.128. The first-order valence-electron chi connectivity index (χ1n) is 6.66. The molecule has 2 atom stereocenters. The van der Waals surface area contributed by atoms with Gasteiger partial charge in [-0.2, -0.15) is 0 Å². The Morgan fingerprint density at radius 2 is 2.11 bits per heavy atom. The summed E-state index contributed by atoms with van der Waals surface area (Å²) >= 11 is 0. The molecule has 1 saturated carbocycles. The maximum atomic E-state index is 11.5. The van der Waals surface area contributed by atoms with E-state index in [9.17, 15) is 8.42 Å². The van der Waals surface area contributed by atoms with Gasteiger partial charge in [0, 0.05) is 31.8 Å². The average Bonchev–Trinajstić information content (AvgIpc) is 3.07. The van der Waals surface area contributed by atoms with Crippen LogP contribution in [0.1, 0.15) is 19.3 Å². The maximum absolute atomic E-state index is 11.5. The van der Waals surface area contributed by atoms with E-state index >= 15 is 0 Å². The molecule has 2 fully saturated rings. The lowest BCUT2D eigenvalue weighted by Gasteiger charge is -2.32. The van der Waals surface area contributed by atoms with Crippen molar-refractivity contribution in [2.75, 3.05) is 38.8 Å². The number of nitrogens with one attached hydrogen (secondary N) is 1. The molecule has 5 nitrogen and oxygen atoms in total. The van der Waals surface area contributed by atoms with Crippen molar-refractivity contribution in [3.8, 4) is 0 Å². The zero-order valence-corrected chi connectivity index (χ0v) is 12.1. The van der Waals surface area contributed by atoms with Gasteiger partial charge >= 0.3 is 0 Å². The number of hydrogen-bond donors (Lipinski definition) is 1. The van der Waals surface area contributed by atoms with E-state index in [1.165, 1.54) is 12.8 Å². The zero-order chi connectivity index (χ0) is 13.2. The number of nitrogens with zero attached hydrogens (tertiary/aromatic N) is 1. The van der Waals surface area contributed by atoms with Gasteiger partial charge in [-0.25, -0.2) is 8.42 Å². The summed E-state index contributed by atoms with van der Waals surface area (Å²) in [6, 6.07) is 1.08. The molecule has 1 N–H and O–H groups in total. The molecule has 0 radical (unpaired) electrons. The Morgan fingerprint density at radius 3 is 2.61 bits per heavy atom. The Labute approximate surface area is 110 Å². The topological polar surface area (TPSA) is 58.6 Å². The molecular formula is C12H24N2O3S. The molecule has 18 heavy (non-hydrogen) atoms. The number of ether oxygens (including phenoxy) is 1. The summed E-state index contributed by atoms with van der Waals surface area (Å²) in [5.41, 5.74) is 0. The highest BCUT2D eigenvalue weighted by Gasteiger charge is 2.34. The van der Waals surface area contributed by atoms with Crippen LogP contribution in [0.2, 0.25) is 0 Å². The largest absolute Gasteiger partial charge is 0.383 e. The molecule has 1 aliphatic heterocycles. The first kappa shape index (κ1) is 14.2. The van der Waals surface area contributed by atoms with Crippen LogP contribution in [0.3, 0.4) is 0 Å². The van der Waals surface area contributed by atoms with Crippen molar-refractivity contribution in [1.29, 1.82) is 0 Å². The lowest BCUT2D eigenvalue weighted by atomic mass is 10.1. The highest BCUT2D eigenvalue weighted by molar-refractivity contribution is 7.91. The van der Waals surface area contributed by atoms with Gasteiger partial charge in [0.15, 0.2) is 9.84 Å². The summed E-state index contributed by atoms with van der Waals surface area (Å²) in [5, 5.41) is 3.50. The molecule has 2 unspecified atom stereocenters. The summed E-state index contributed by atoms with van der Waals surface area (Å²) in [5.74, 6) is 0.630. The second kappa shape index (κ2) is 5.86. The minimum atomic E-state index is -2.81. The number of methoxy groups -OCH3 is 1. The van der Waals surface area contributed by atoms with Gasteiger partial charge in [0.2, 0.25) is 0 Å². The molecule has 2 aliphatic rings. The van der Waals surface area contributed by atoms with Gasteiger partial charge in [0.25, 0.3) is 0 Å². The highest BCUT2D eigenvalue weighted by Crippen LogP contribution is 2.21. The Kier molecular flexibility index (Phi) is 4.64. The van der Waals surface area contributed by atoms with E-state index in [1.807, 2.05) is 7.05 Å². The summed E-state index contributed by atoms with van der Waals surface area (Å²) in [4.78, 5) is 2.18. The minimum Gasteiger partial charge on any atom is -0.383 e. The van der Waals surface area contributed by atoms with E-state index in [4.69, 9.17) is 4.74 Å². The van der Waals surface area contributed by atoms with Crippen LogP contribution in [0.15, 0.2) is 0 Å². The molecular weight excluding hydrogens is 252 g/mol. The minimum absolute atomic E-state index is 0.149. The Hall–Kier alpha value is -0.170. The summed E-state index contributed by atoms with van der Waals surface area (Å²) in [6.45, 7) is 1.53. The predicted molar refractivity (Wildman–Crippen MR) is 71.5 cm³/mol. The Morgan fingerprint density at radius 1 is 1.39 bits per heavy atom. The monoisotopic (exact) mass is 276 g/mol. The van der Waals surface area contributed by atoms with E-state index in [0.717, 1.165) is 13.0 Å². The number of rotatable bonds is 7. The van der Waals surface area contributed by atoms with Crippen LogP contribution in [-0.4, -0.2) is 70.3 Å².